The highest BCUT2D eigenvalue weighted by atomic mass is 32.2. The van der Waals surface area contributed by atoms with Gasteiger partial charge in [-0.1, -0.05) is 6.92 Å². The van der Waals surface area contributed by atoms with Crippen molar-refractivity contribution in [2.45, 2.75) is 25.2 Å². The van der Waals surface area contributed by atoms with Crippen molar-refractivity contribution in [3.05, 3.63) is 23.1 Å². The van der Waals surface area contributed by atoms with E-state index < -0.39 is 6.09 Å². The number of hydrogen-bond donors (Lipinski definition) is 1. The second-order valence-electron chi connectivity index (χ2n) is 4.17. The Hall–Kier alpha value is -2.09. The minimum absolute atomic E-state index is 0.0519. The molecule has 1 aromatic heterocycles. The maximum Gasteiger partial charge on any atom is 0.414 e. The topological polar surface area (TPSA) is 85.6 Å². The van der Waals surface area contributed by atoms with Gasteiger partial charge < -0.3 is 4.74 Å². The summed E-state index contributed by atoms with van der Waals surface area (Å²) >= 11 is 1.71. The first kappa shape index (κ1) is 15.3. The first-order chi connectivity index (χ1) is 10.2. The van der Waals surface area contributed by atoms with Gasteiger partial charge in [0, 0.05) is 4.90 Å². The Kier molecular flexibility index (Phi) is 5.15. The summed E-state index contributed by atoms with van der Waals surface area (Å²) in [4.78, 5) is 27.7. The molecule has 0 saturated heterocycles. The number of hydrogen-bond acceptors (Lipinski definition) is 6. The molecule has 0 spiro atoms. The third-order valence-corrected chi connectivity index (χ3v) is 3.85. The van der Waals surface area contributed by atoms with Crippen LogP contribution in [-0.4, -0.2) is 28.1 Å². The van der Waals surface area contributed by atoms with Gasteiger partial charge in [-0.15, -0.1) is 16.7 Å². The number of fused-ring (bicyclic) bond motifs is 1. The molecule has 0 fully saturated rings. The largest absolute Gasteiger partial charge is 0.450 e. The maximum absolute atomic E-state index is 11.4. The number of benzene rings is 1. The molecule has 0 aliphatic carbocycles. The van der Waals surface area contributed by atoms with Gasteiger partial charge in [0.1, 0.15) is 0 Å². The number of nitrogens with one attached hydrogen (secondary N) is 1. The number of carbonyl (C=O) groups is 1. The van der Waals surface area contributed by atoms with Crippen LogP contribution >= 0.6 is 11.8 Å². The van der Waals surface area contributed by atoms with E-state index in [2.05, 4.69) is 22.5 Å². The molecule has 21 heavy (non-hydrogen) atoms. The highest BCUT2D eigenvalue weighted by Gasteiger charge is 2.14. The fourth-order valence-corrected chi connectivity index (χ4v) is 2.58. The van der Waals surface area contributed by atoms with Gasteiger partial charge in [-0.3, -0.25) is 5.32 Å². The van der Waals surface area contributed by atoms with Crippen molar-refractivity contribution >= 4 is 34.8 Å². The molecule has 2 aromatic rings. The zero-order valence-corrected chi connectivity index (χ0v) is 12.6. The Labute approximate surface area is 126 Å². The zero-order chi connectivity index (χ0) is 15.2. The lowest BCUT2D eigenvalue weighted by Crippen LogP contribution is -2.15. The number of thioether (sulfide) groups is 1. The van der Waals surface area contributed by atoms with Crippen molar-refractivity contribution in [2.75, 3.05) is 17.7 Å². The second-order valence-corrected chi connectivity index (χ2v) is 5.34. The van der Waals surface area contributed by atoms with Crippen LogP contribution in [0.15, 0.2) is 28.4 Å². The summed E-state index contributed by atoms with van der Waals surface area (Å²) < 4.78 is 5.81. The quantitative estimate of drug-likeness (QED) is 0.650. The number of aromatic nitrogens is 2. The molecule has 0 saturated carbocycles. The van der Waals surface area contributed by atoms with Gasteiger partial charge in [-0.2, -0.15) is 4.68 Å². The number of carbonyl (C=O) groups excluding carboxylic acids is 1. The average Bonchev–Trinajstić information content (AvgIpc) is 2.81. The molecule has 7 nitrogen and oxygen atoms in total. The summed E-state index contributed by atoms with van der Waals surface area (Å²) in [6, 6.07) is 5.53. The van der Waals surface area contributed by atoms with Crippen molar-refractivity contribution in [2.24, 2.45) is 5.29 Å². The number of imidazole rings is 1. The van der Waals surface area contributed by atoms with Gasteiger partial charge in [0.15, 0.2) is 0 Å². The van der Waals surface area contributed by atoms with E-state index in [-0.39, 0.29) is 12.6 Å². The molecular weight excluding hydrogens is 292 g/mol. The fourth-order valence-electron chi connectivity index (χ4n) is 1.78. The van der Waals surface area contributed by atoms with Crippen molar-refractivity contribution in [3.8, 4) is 0 Å². The van der Waals surface area contributed by atoms with E-state index in [9.17, 15) is 9.70 Å². The fraction of sp³-hybridized carbons (Fsp3) is 0.385. The Morgan fingerprint density at radius 3 is 2.95 bits per heavy atom. The molecule has 0 radical (unpaired) electrons. The molecular formula is C13H16N4O3S. The summed E-state index contributed by atoms with van der Waals surface area (Å²) in [6.07, 6.45) is 0.404. The number of ether oxygens (including phenoxy) is 1. The van der Waals surface area contributed by atoms with Crippen LogP contribution < -0.4 is 5.32 Å². The molecule has 1 heterocycles. The molecule has 8 heteroatoms. The Morgan fingerprint density at radius 2 is 2.29 bits per heavy atom. The van der Waals surface area contributed by atoms with Crippen LogP contribution in [0.4, 0.5) is 10.7 Å². The minimum atomic E-state index is -0.668. The highest BCUT2D eigenvalue weighted by molar-refractivity contribution is 7.99. The Morgan fingerprint density at radius 1 is 1.48 bits per heavy atom. The zero-order valence-electron chi connectivity index (χ0n) is 11.8. The number of anilines is 1. The van der Waals surface area contributed by atoms with Gasteiger partial charge in [0.2, 0.25) is 5.95 Å². The van der Waals surface area contributed by atoms with Crippen molar-refractivity contribution in [1.29, 1.82) is 0 Å². The molecule has 0 bridgehead atoms. The average molecular weight is 308 g/mol. The molecule has 0 aliphatic rings. The Balaban J connectivity index is 2.33. The van der Waals surface area contributed by atoms with Crippen LogP contribution in [0.2, 0.25) is 0 Å². The number of nitrogens with zero attached hydrogens (tertiary/aromatic N) is 3. The van der Waals surface area contributed by atoms with E-state index >= 15 is 0 Å². The van der Waals surface area contributed by atoms with E-state index in [0.717, 1.165) is 21.7 Å². The molecule has 0 unspecified atom stereocenters. The maximum atomic E-state index is 11.4. The summed E-state index contributed by atoms with van der Waals surface area (Å²) in [6.45, 7) is 4.04. The minimum Gasteiger partial charge on any atom is -0.450 e. The second kappa shape index (κ2) is 7.07. The lowest BCUT2D eigenvalue weighted by molar-refractivity contribution is 0.167. The SMILES string of the molecule is CCCSc1ccc2c(c1)nc(NC(=O)OCC)n2N=O. The third kappa shape index (κ3) is 3.52. The van der Waals surface area contributed by atoms with Crippen LogP contribution in [0.1, 0.15) is 20.3 Å². The van der Waals surface area contributed by atoms with E-state index in [1.54, 1.807) is 24.8 Å². The predicted octanol–water partition coefficient (Wildman–Crippen LogP) is 3.64. The number of nitroso groups, excluding NO2 is 1. The highest BCUT2D eigenvalue weighted by Crippen LogP contribution is 2.26. The molecule has 1 amide bonds. The van der Waals surface area contributed by atoms with E-state index in [4.69, 9.17) is 4.74 Å². The van der Waals surface area contributed by atoms with Crippen molar-refractivity contribution < 1.29 is 9.53 Å². The summed E-state index contributed by atoms with van der Waals surface area (Å²) in [5.41, 5.74) is 1.14. The lowest BCUT2D eigenvalue weighted by atomic mass is 10.3. The molecule has 112 valence electrons. The van der Waals surface area contributed by atoms with Crippen molar-refractivity contribution in [3.63, 3.8) is 0 Å². The van der Waals surface area contributed by atoms with Crippen molar-refractivity contribution in [1.82, 2.24) is 9.66 Å². The van der Waals surface area contributed by atoms with Crippen LogP contribution in [0.25, 0.3) is 11.0 Å². The summed E-state index contributed by atoms with van der Waals surface area (Å²) in [5.74, 6) is 1.06. The van der Waals surface area contributed by atoms with E-state index in [0.29, 0.717) is 11.0 Å². The van der Waals surface area contributed by atoms with Crippen LogP contribution in [0.5, 0.6) is 0 Å². The van der Waals surface area contributed by atoms with E-state index in [1.807, 2.05) is 12.1 Å². The number of rotatable bonds is 6. The lowest BCUT2D eigenvalue weighted by Gasteiger charge is -2.02. The first-order valence-corrected chi connectivity index (χ1v) is 7.60. The van der Waals surface area contributed by atoms with Gasteiger partial charge in [0.05, 0.1) is 22.9 Å². The molecule has 1 aromatic carbocycles. The number of amides is 1. The van der Waals surface area contributed by atoms with Crippen LogP contribution in [0.3, 0.4) is 0 Å². The van der Waals surface area contributed by atoms with Crippen LogP contribution in [0, 0.1) is 4.91 Å². The molecule has 0 atom stereocenters. The molecule has 0 aliphatic heterocycles. The summed E-state index contributed by atoms with van der Waals surface area (Å²) in [7, 11) is 0. The van der Waals surface area contributed by atoms with E-state index in [1.165, 1.54) is 0 Å². The summed E-state index contributed by atoms with van der Waals surface area (Å²) in [5, 5.41) is 5.30. The normalized spacial score (nSPS) is 10.6. The Bertz CT molecular complexity index is 656. The monoisotopic (exact) mass is 308 g/mol. The van der Waals surface area contributed by atoms with Gasteiger partial charge in [-0.05, 0) is 37.3 Å². The first-order valence-electron chi connectivity index (χ1n) is 6.62. The molecule has 1 N–H and O–H groups in total. The molecule has 2 rings (SSSR count). The van der Waals surface area contributed by atoms with Gasteiger partial charge >= 0.3 is 6.09 Å². The van der Waals surface area contributed by atoms with Gasteiger partial charge in [-0.25, -0.2) is 9.78 Å². The van der Waals surface area contributed by atoms with Crippen LogP contribution in [-0.2, 0) is 4.74 Å². The van der Waals surface area contributed by atoms with Gasteiger partial charge in [0.25, 0.3) is 0 Å². The standard InChI is InChI=1S/C13H16N4O3S/c1-3-7-21-9-5-6-11-10(8-9)14-12(17(11)16-19)15-13(18)20-4-2/h5-6,8H,3-4,7H2,1-2H3,(H,14,15,18). The smallest absolute Gasteiger partial charge is 0.414 e. The predicted molar refractivity (Wildman–Crippen MR) is 82.6 cm³/mol. The third-order valence-electron chi connectivity index (χ3n) is 2.65.